The predicted molar refractivity (Wildman–Crippen MR) is 71.5 cm³/mol. The van der Waals surface area contributed by atoms with E-state index in [-0.39, 0.29) is 0 Å². The summed E-state index contributed by atoms with van der Waals surface area (Å²) in [5.74, 6) is 1.10. The Balaban J connectivity index is 1.93. The molecule has 0 saturated heterocycles. The molecule has 0 unspecified atom stereocenters. The molecule has 1 aromatic rings. The van der Waals surface area contributed by atoms with E-state index in [2.05, 4.69) is 15.5 Å². The van der Waals surface area contributed by atoms with Crippen molar-refractivity contribution >= 4 is 23.7 Å². The number of halogens is 1. The monoisotopic (exact) mass is 250 g/mol. The largest absolute Gasteiger partial charge is 0.277 e. The summed E-state index contributed by atoms with van der Waals surface area (Å²) in [6.07, 6.45) is 6.53. The first-order valence-corrected chi connectivity index (χ1v) is 6.37. The molecular formula is C13H17ClN3+. The van der Waals surface area contributed by atoms with Crippen LogP contribution in [0.3, 0.4) is 0 Å². The number of nitrogens with one attached hydrogen (secondary N) is 2. The van der Waals surface area contributed by atoms with Gasteiger partial charge in [0.2, 0.25) is 0 Å². The van der Waals surface area contributed by atoms with E-state index in [9.17, 15) is 0 Å². The van der Waals surface area contributed by atoms with Crippen LogP contribution in [-0.2, 0) is 0 Å². The second-order valence-electron chi connectivity index (χ2n) is 4.11. The lowest BCUT2D eigenvalue weighted by atomic mass is 10.2. The fourth-order valence-electron chi connectivity index (χ4n) is 1.79. The lowest BCUT2D eigenvalue weighted by Crippen LogP contribution is -2.75. The normalized spacial score (nSPS) is 16.6. The van der Waals surface area contributed by atoms with Crippen LogP contribution in [0.15, 0.2) is 29.4 Å². The van der Waals surface area contributed by atoms with E-state index in [1.165, 1.54) is 19.3 Å². The third-order valence-electron chi connectivity index (χ3n) is 2.75. The van der Waals surface area contributed by atoms with Gasteiger partial charge < -0.3 is 0 Å². The lowest BCUT2D eigenvalue weighted by molar-refractivity contribution is -0.459. The molecule has 0 fully saturated rings. The zero-order chi connectivity index (χ0) is 11.9. The van der Waals surface area contributed by atoms with Gasteiger partial charge in [-0.2, -0.15) is 5.43 Å². The standard InChI is InChI=1S/C13H16ClN3/c14-12-7-4-3-6-11(12)10-16-17-13-8-2-1-5-9-15-13/h3-4,6-7,10H,1-2,5,8-9H2,(H,15,17)/p+1/b16-10-. The van der Waals surface area contributed by atoms with Gasteiger partial charge in [0.1, 0.15) is 0 Å². The maximum atomic E-state index is 6.03. The molecule has 1 aromatic carbocycles. The van der Waals surface area contributed by atoms with Crippen molar-refractivity contribution in [2.24, 2.45) is 5.10 Å². The second kappa shape index (κ2) is 6.40. The van der Waals surface area contributed by atoms with Gasteiger partial charge >= 0.3 is 0 Å². The fraction of sp³-hybridized carbons (Fsp3) is 0.385. The van der Waals surface area contributed by atoms with E-state index in [1.54, 1.807) is 6.21 Å². The van der Waals surface area contributed by atoms with Crippen molar-refractivity contribution in [1.82, 2.24) is 5.43 Å². The Labute approximate surface area is 107 Å². The van der Waals surface area contributed by atoms with Crippen LogP contribution >= 0.6 is 11.6 Å². The molecule has 0 amide bonds. The summed E-state index contributed by atoms with van der Waals surface area (Å²) in [4.78, 5) is 3.34. The number of benzene rings is 1. The molecule has 90 valence electrons. The van der Waals surface area contributed by atoms with Crippen LogP contribution in [0.25, 0.3) is 0 Å². The van der Waals surface area contributed by atoms with E-state index < -0.39 is 0 Å². The van der Waals surface area contributed by atoms with Crippen molar-refractivity contribution in [1.29, 1.82) is 0 Å². The number of hydrogen-bond acceptors (Lipinski definition) is 2. The van der Waals surface area contributed by atoms with Crippen molar-refractivity contribution in [2.75, 3.05) is 6.54 Å². The number of nitrogens with zero attached hydrogens (tertiary/aromatic N) is 1. The average molecular weight is 251 g/mol. The summed E-state index contributed by atoms with van der Waals surface area (Å²) in [7, 11) is 0. The summed E-state index contributed by atoms with van der Waals surface area (Å²) < 4.78 is 0. The maximum absolute atomic E-state index is 6.03. The maximum Gasteiger partial charge on any atom is 0.267 e. The minimum atomic E-state index is 0.719. The smallest absolute Gasteiger partial charge is 0.267 e. The molecule has 0 aromatic heterocycles. The molecule has 1 aliphatic rings. The molecule has 0 radical (unpaired) electrons. The minimum absolute atomic E-state index is 0.719. The number of rotatable bonds is 2. The molecular weight excluding hydrogens is 234 g/mol. The fourth-order valence-corrected chi connectivity index (χ4v) is 1.97. The Bertz CT molecular complexity index is 426. The summed E-state index contributed by atoms with van der Waals surface area (Å²) >= 11 is 6.03. The molecule has 0 atom stereocenters. The van der Waals surface area contributed by atoms with Gasteiger partial charge in [-0.05, 0) is 25.3 Å². The Kier molecular flexibility index (Phi) is 4.56. The molecule has 1 heterocycles. The van der Waals surface area contributed by atoms with E-state index in [0.717, 1.165) is 29.4 Å². The van der Waals surface area contributed by atoms with Crippen molar-refractivity contribution in [3.05, 3.63) is 34.9 Å². The highest BCUT2D eigenvalue weighted by molar-refractivity contribution is 6.33. The number of amidine groups is 1. The van der Waals surface area contributed by atoms with Gasteiger partial charge in [-0.3, -0.25) is 4.99 Å². The van der Waals surface area contributed by atoms with Crippen LogP contribution in [0.1, 0.15) is 31.2 Å². The molecule has 0 spiro atoms. The quantitative estimate of drug-likeness (QED) is 0.603. The SMILES string of the molecule is Clc1ccccc1/C=N\NC1=[NH+]CCCCC1. The van der Waals surface area contributed by atoms with Crippen molar-refractivity contribution in [2.45, 2.75) is 25.7 Å². The van der Waals surface area contributed by atoms with Gasteiger partial charge in [0.25, 0.3) is 5.84 Å². The molecule has 1 aliphatic heterocycles. The average Bonchev–Trinajstić information content (AvgIpc) is 2.60. The predicted octanol–water partition coefficient (Wildman–Crippen LogP) is 1.32. The third kappa shape index (κ3) is 3.86. The third-order valence-corrected chi connectivity index (χ3v) is 3.09. The Morgan fingerprint density at radius 3 is 3.00 bits per heavy atom. The van der Waals surface area contributed by atoms with Crippen LogP contribution in [0, 0.1) is 0 Å². The number of hydrazone groups is 1. The molecule has 0 saturated carbocycles. The highest BCUT2D eigenvalue weighted by Gasteiger charge is 2.08. The van der Waals surface area contributed by atoms with Gasteiger partial charge in [-0.25, -0.2) is 0 Å². The van der Waals surface area contributed by atoms with Crippen molar-refractivity contribution < 1.29 is 4.99 Å². The van der Waals surface area contributed by atoms with Crippen LogP contribution in [-0.4, -0.2) is 18.6 Å². The Morgan fingerprint density at radius 2 is 2.12 bits per heavy atom. The minimum Gasteiger partial charge on any atom is -0.277 e. The van der Waals surface area contributed by atoms with Gasteiger partial charge in [0.15, 0.2) is 0 Å². The summed E-state index contributed by atoms with van der Waals surface area (Å²) in [6.45, 7) is 1.03. The van der Waals surface area contributed by atoms with E-state index in [0.29, 0.717) is 0 Å². The molecule has 2 rings (SSSR count). The van der Waals surface area contributed by atoms with E-state index in [1.807, 2.05) is 24.3 Å². The second-order valence-corrected chi connectivity index (χ2v) is 4.51. The molecule has 0 bridgehead atoms. The van der Waals surface area contributed by atoms with E-state index >= 15 is 0 Å². The molecule has 2 N–H and O–H groups in total. The zero-order valence-electron chi connectivity index (χ0n) is 9.75. The van der Waals surface area contributed by atoms with Gasteiger partial charge in [0.05, 0.1) is 19.2 Å². The highest BCUT2D eigenvalue weighted by atomic mass is 35.5. The lowest BCUT2D eigenvalue weighted by Gasteiger charge is -1.96. The van der Waals surface area contributed by atoms with Gasteiger partial charge in [-0.1, -0.05) is 34.9 Å². The molecule has 4 heteroatoms. The number of hydrogen-bond donors (Lipinski definition) is 2. The van der Waals surface area contributed by atoms with Crippen LogP contribution in [0.2, 0.25) is 5.02 Å². The Morgan fingerprint density at radius 1 is 1.24 bits per heavy atom. The summed E-state index contributed by atoms with van der Waals surface area (Å²) in [6, 6.07) is 7.66. The summed E-state index contributed by atoms with van der Waals surface area (Å²) in [5.41, 5.74) is 3.98. The van der Waals surface area contributed by atoms with Gasteiger partial charge in [0, 0.05) is 10.6 Å². The molecule has 17 heavy (non-hydrogen) atoms. The zero-order valence-corrected chi connectivity index (χ0v) is 10.5. The topological polar surface area (TPSA) is 38.4 Å². The highest BCUT2D eigenvalue weighted by Crippen LogP contribution is 2.11. The van der Waals surface area contributed by atoms with Crippen molar-refractivity contribution in [3.8, 4) is 0 Å². The van der Waals surface area contributed by atoms with Crippen LogP contribution in [0.5, 0.6) is 0 Å². The first-order valence-electron chi connectivity index (χ1n) is 5.99. The molecule has 3 nitrogen and oxygen atoms in total. The molecule has 0 aliphatic carbocycles. The van der Waals surface area contributed by atoms with Gasteiger partial charge in [-0.15, -0.1) is 0 Å². The first-order chi connectivity index (χ1) is 8.36. The Hall–Kier alpha value is -1.35. The first kappa shape index (κ1) is 12.1. The van der Waals surface area contributed by atoms with E-state index in [4.69, 9.17) is 11.6 Å². The van der Waals surface area contributed by atoms with Crippen molar-refractivity contribution in [3.63, 3.8) is 0 Å². The summed E-state index contributed by atoms with van der Waals surface area (Å²) in [5, 5.41) is 4.93. The van der Waals surface area contributed by atoms with Crippen LogP contribution in [0.4, 0.5) is 0 Å². The van der Waals surface area contributed by atoms with Crippen LogP contribution < -0.4 is 10.4 Å².